The largest absolute Gasteiger partial charge is 0.359 e. The second kappa shape index (κ2) is 7.50. The summed E-state index contributed by atoms with van der Waals surface area (Å²) in [6.07, 6.45) is 0.328. The lowest BCUT2D eigenvalue weighted by Gasteiger charge is -2.26. The van der Waals surface area contributed by atoms with Crippen molar-refractivity contribution >= 4 is 11.8 Å². The van der Waals surface area contributed by atoms with Crippen molar-refractivity contribution in [3.8, 4) is 0 Å². The smallest absolute Gasteiger partial charge is 0.255 e. The van der Waals surface area contributed by atoms with Crippen molar-refractivity contribution < 1.29 is 9.59 Å². The summed E-state index contributed by atoms with van der Waals surface area (Å²) in [7, 11) is 3.37. The second-order valence-electron chi connectivity index (χ2n) is 4.23. The molecule has 104 valence electrons. The molecule has 0 saturated carbocycles. The highest BCUT2D eigenvalue weighted by Gasteiger charge is 2.24. The van der Waals surface area contributed by atoms with Crippen LogP contribution in [-0.4, -0.2) is 37.4 Å². The number of carbonyl (C=O) groups is 2. The van der Waals surface area contributed by atoms with E-state index in [1.54, 1.807) is 19.0 Å². The van der Waals surface area contributed by atoms with E-state index in [2.05, 4.69) is 10.7 Å². The van der Waals surface area contributed by atoms with Gasteiger partial charge in [-0.25, -0.2) is 5.84 Å². The molecular weight excluding hydrogens is 244 g/mol. The van der Waals surface area contributed by atoms with Crippen molar-refractivity contribution in [3.05, 3.63) is 35.9 Å². The lowest BCUT2D eigenvalue weighted by atomic mass is 10.0. The number of hydrogen-bond acceptors (Lipinski definition) is 4. The summed E-state index contributed by atoms with van der Waals surface area (Å²) in [4.78, 5) is 24.9. The van der Waals surface area contributed by atoms with E-state index in [-0.39, 0.29) is 11.8 Å². The predicted octanol–water partition coefficient (Wildman–Crippen LogP) is -0.214. The van der Waals surface area contributed by atoms with Crippen LogP contribution >= 0.6 is 0 Å². The van der Waals surface area contributed by atoms with Gasteiger partial charge in [-0.2, -0.15) is 0 Å². The highest BCUT2D eigenvalue weighted by molar-refractivity contribution is 5.82. The summed E-state index contributed by atoms with van der Waals surface area (Å²) in [5.41, 5.74) is 3.00. The van der Waals surface area contributed by atoms with Crippen LogP contribution in [0.1, 0.15) is 18.0 Å². The molecule has 2 amide bonds. The van der Waals surface area contributed by atoms with Crippen molar-refractivity contribution in [2.75, 3.05) is 20.6 Å². The molecule has 0 saturated heterocycles. The molecule has 0 aliphatic carbocycles. The van der Waals surface area contributed by atoms with Gasteiger partial charge in [0.25, 0.3) is 5.91 Å². The van der Waals surface area contributed by atoms with E-state index in [1.165, 1.54) is 0 Å². The first-order valence-electron chi connectivity index (χ1n) is 6.06. The normalized spacial score (nSPS) is 12.0. The number of likely N-dealkylation sites (N-methyl/N-ethyl adjacent to an activating group) is 1. The maximum Gasteiger partial charge on any atom is 0.255 e. The Morgan fingerprint density at radius 1 is 1.32 bits per heavy atom. The van der Waals surface area contributed by atoms with E-state index in [0.717, 1.165) is 5.56 Å². The highest BCUT2D eigenvalue weighted by Crippen LogP contribution is 2.19. The molecule has 1 aromatic rings. The number of nitrogens with one attached hydrogen (secondary N) is 2. The number of benzene rings is 1. The molecule has 1 aromatic carbocycles. The summed E-state index contributed by atoms with van der Waals surface area (Å²) in [5, 5.41) is 2.55. The van der Waals surface area contributed by atoms with Crippen LogP contribution in [0.4, 0.5) is 0 Å². The van der Waals surface area contributed by atoms with Crippen molar-refractivity contribution in [2.45, 2.75) is 12.5 Å². The number of nitrogens with two attached hydrogens (primary N) is 1. The Morgan fingerprint density at radius 2 is 1.95 bits per heavy atom. The van der Waals surface area contributed by atoms with Crippen LogP contribution in [0.25, 0.3) is 0 Å². The summed E-state index contributed by atoms with van der Waals surface area (Å²) >= 11 is 0. The van der Waals surface area contributed by atoms with E-state index in [4.69, 9.17) is 5.84 Å². The fraction of sp³-hybridized carbons (Fsp3) is 0.385. The number of nitrogens with zero attached hydrogens (tertiary/aromatic N) is 1. The molecule has 6 heteroatoms. The predicted molar refractivity (Wildman–Crippen MR) is 72.8 cm³/mol. The summed E-state index contributed by atoms with van der Waals surface area (Å²) in [6.45, 7) is 0.465. The van der Waals surface area contributed by atoms with Crippen LogP contribution < -0.4 is 16.6 Å². The molecule has 0 bridgehead atoms. The Balaban J connectivity index is 2.80. The number of rotatable bonds is 6. The Morgan fingerprint density at radius 3 is 2.47 bits per heavy atom. The van der Waals surface area contributed by atoms with Crippen molar-refractivity contribution in [3.63, 3.8) is 0 Å². The van der Waals surface area contributed by atoms with Gasteiger partial charge in [-0.3, -0.25) is 19.9 Å². The van der Waals surface area contributed by atoms with E-state index in [1.807, 2.05) is 30.3 Å². The third kappa shape index (κ3) is 4.35. The van der Waals surface area contributed by atoms with Gasteiger partial charge in [-0.1, -0.05) is 30.3 Å². The fourth-order valence-corrected chi connectivity index (χ4v) is 1.85. The number of amides is 2. The van der Waals surface area contributed by atoms with Gasteiger partial charge < -0.3 is 5.32 Å². The number of carbonyl (C=O) groups excluding carboxylic acids is 2. The minimum Gasteiger partial charge on any atom is -0.359 e. The first kappa shape index (κ1) is 15.1. The van der Waals surface area contributed by atoms with Gasteiger partial charge in [0.15, 0.2) is 0 Å². The molecule has 0 spiro atoms. The lowest BCUT2D eigenvalue weighted by Crippen LogP contribution is -2.42. The van der Waals surface area contributed by atoms with Gasteiger partial charge in [0.1, 0.15) is 6.04 Å². The minimum absolute atomic E-state index is 0.0631. The molecule has 0 aromatic heterocycles. The zero-order valence-corrected chi connectivity index (χ0v) is 11.2. The topological polar surface area (TPSA) is 87.5 Å². The average Bonchev–Trinajstić information content (AvgIpc) is 2.45. The molecule has 19 heavy (non-hydrogen) atoms. The third-order valence-electron chi connectivity index (χ3n) is 2.92. The van der Waals surface area contributed by atoms with Crippen LogP contribution in [0.2, 0.25) is 0 Å². The monoisotopic (exact) mass is 264 g/mol. The minimum atomic E-state index is -0.504. The molecule has 4 N–H and O–H groups in total. The molecule has 1 unspecified atom stereocenters. The first-order valence-corrected chi connectivity index (χ1v) is 6.06. The number of hydrazine groups is 1. The molecular formula is C13H20N4O2. The Hall–Kier alpha value is -1.92. The fourth-order valence-electron chi connectivity index (χ4n) is 1.85. The van der Waals surface area contributed by atoms with Gasteiger partial charge in [-0.15, -0.1) is 0 Å². The molecule has 1 atom stereocenters. The lowest BCUT2D eigenvalue weighted by molar-refractivity contribution is -0.127. The van der Waals surface area contributed by atoms with Gasteiger partial charge in [-0.05, 0) is 12.6 Å². The molecule has 0 aliphatic rings. The third-order valence-corrected chi connectivity index (χ3v) is 2.92. The van der Waals surface area contributed by atoms with E-state index in [0.29, 0.717) is 13.0 Å². The van der Waals surface area contributed by atoms with Gasteiger partial charge in [0, 0.05) is 20.0 Å². The zero-order valence-electron chi connectivity index (χ0n) is 11.2. The van der Waals surface area contributed by atoms with Crippen molar-refractivity contribution in [1.82, 2.24) is 15.6 Å². The van der Waals surface area contributed by atoms with E-state index in [9.17, 15) is 9.59 Å². The second-order valence-corrected chi connectivity index (χ2v) is 4.23. The van der Waals surface area contributed by atoms with Crippen LogP contribution in [0.3, 0.4) is 0 Å². The number of hydrogen-bond donors (Lipinski definition) is 3. The van der Waals surface area contributed by atoms with Crippen LogP contribution in [0, 0.1) is 0 Å². The molecule has 0 radical (unpaired) electrons. The molecule has 0 heterocycles. The Labute approximate surface area is 112 Å². The average molecular weight is 264 g/mol. The van der Waals surface area contributed by atoms with Crippen LogP contribution in [0.5, 0.6) is 0 Å². The first-order chi connectivity index (χ1) is 9.10. The van der Waals surface area contributed by atoms with Crippen LogP contribution in [-0.2, 0) is 9.59 Å². The zero-order chi connectivity index (χ0) is 14.3. The van der Waals surface area contributed by atoms with Gasteiger partial charge in [0.05, 0.1) is 0 Å². The van der Waals surface area contributed by atoms with Gasteiger partial charge in [0.2, 0.25) is 5.91 Å². The summed E-state index contributed by atoms with van der Waals surface area (Å²) < 4.78 is 0. The molecule has 6 nitrogen and oxygen atoms in total. The van der Waals surface area contributed by atoms with Crippen molar-refractivity contribution in [2.24, 2.45) is 5.84 Å². The van der Waals surface area contributed by atoms with Crippen LogP contribution in [0.15, 0.2) is 30.3 Å². The quantitative estimate of drug-likeness (QED) is 0.377. The maximum absolute atomic E-state index is 11.9. The summed E-state index contributed by atoms with van der Waals surface area (Å²) in [5.74, 6) is 4.86. The maximum atomic E-state index is 11.9. The van der Waals surface area contributed by atoms with Crippen molar-refractivity contribution in [1.29, 1.82) is 0 Å². The standard InChI is InChI=1S/C13H20N4O2/c1-15-11(18)8-9-17(2)12(13(19)16-14)10-6-4-3-5-7-10/h3-7,12H,8-9,14H2,1-2H3,(H,15,18)(H,16,19). The van der Waals surface area contributed by atoms with E-state index < -0.39 is 6.04 Å². The Bertz CT molecular complexity index is 422. The molecule has 0 aliphatic heterocycles. The summed E-state index contributed by atoms with van der Waals surface area (Å²) in [6, 6.07) is 8.81. The van der Waals surface area contributed by atoms with Gasteiger partial charge >= 0.3 is 0 Å². The molecule has 1 rings (SSSR count). The highest BCUT2D eigenvalue weighted by atomic mass is 16.2. The molecule has 0 fully saturated rings. The van der Waals surface area contributed by atoms with E-state index >= 15 is 0 Å². The SMILES string of the molecule is CNC(=O)CCN(C)C(C(=O)NN)c1ccccc1. The Kier molecular flexibility index (Phi) is 5.98.